The Morgan fingerprint density at radius 3 is 2.23 bits per heavy atom. The highest BCUT2D eigenvalue weighted by molar-refractivity contribution is 6.30. The summed E-state index contributed by atoms with van der Waals surface area (Å²) in [5.41, 5.74) is 5.87. The van der Waals surface area contributed by atoms with E-state index in [1.165, 1.54) is 0 Å². The average molecular weight is 373 g/mol. The fourth-order valence-corrected chi connectivity index (χ4v) is 3.26. The van der Waals surface area contributed by atoms with Crippen LogP contribution < -0.4 is 16.0 Å². The summed E-state index contributed by atoms with van der Waals surface area (Å²) >= 11 is 5.98. The quantitative estimate of drug-likeness (QED) is 0.507. The first-order chi connectivity index (χ1) is 12.5. The minimum Gasteiger partial charge on any atom is -0.389 e. The second kappa shape index (κ2) is 8.72. The smallest absolute Gasteiger partial charge is 0.133 e. The van der Waals surface area contributed by atoms with Crippen molar-refractivity contribution in [3.8, 4) is 0 Å². The molecule has 0 spiro atoms. The number of hydrogen-bond acceptors (Lipinski definition) is 5. The predicted octanol–water partition coefficient (Wildman–Crippen LogP) is 3.33. The minimum absolute atomic E-state index is 0.384. The lowest BCUT2D eigenvalue weighted by Crippen LogP contribution is -2.38. The number of halogens is 1. The van der Waals surface area contributed by atoms with Crippen molar-refractivity contribution < 1.29 is 4.79 Å². The van der Waals surface area contributed by atoms with Crippen LogP contribution in [0.3, 0.4) is 0 Å². The van der Waals surface area contributed by atoms with Gasteiger partial charge in [-0.05, 0) is 43.2 Å². The van der Waals surface area contributed by atoms with Gasteiger partial charge in [-0.15, -0.1) is 0 Å². The lowest BCUT2D eigenvalue weighted by Gasteiger charge is -2.31. The molecule has 6 heteroatoms. The Labute approximate surface area is 159 Å². The Morgan fingerprint density at radius 1 is 1.15 bits per heavy atom. The third-order valence-corrected chi connectivity index (χ3v) is 4.47. The first kappa shape index (κ1) is 19.8. The zero-order chi connectivity index (χ0) is 19.3. The molecule has 5 nitrogen and oxygen atoms in total. The van der Waals surface area contributed by atoms with Crippen LogP contribution in [0.25, 0.3) is 0 Å². The largest absolute Gasteiger partial charge is 0.389 e. The molecule has 0 heterocycles. The van der Waals surface area contributed by atoms with Crippen molar-refractivity contribution in [2.24, 2.45) is 10.9 Å². The number of nitrogens with one attached hydrogen (secondary N) is 3. The van der Waals surface area contributed by atoms with Crippen LogP contribution in [0.5, 0.6) is 0 Å². The second-order valence-corrected chi connectivity index (χ2v) is 6.56. The van der Waals surface area contributed by atoms with Gasteiger partial charge in [0.1, 0.15) is 12.0 Å². The molecule has 1 aliphatic rings. The molecular formula is C20H25ClN4O. The summed E-state index contributed by atoms with van der Waals surface area (Å²) < 4.78 is 0. The monoisotopic (exact) mass is 372 g/mol. The maximum Gasteiger partial charge on any atom is 0.133 e. The first-order valence-electron chi connectivity index (χ1n) is 8.41. The van der Waals surface area contributed by atoms with Gasteiger partial charge in [0.25, 0.3) is 0 Å². The standard InChI is InChI=1S/C20H25ClN4O/c1-12(2)10-15-16(11-26)18(23-4)19(24-5)20(17(15)22-3)25-14-8-6-13(21)7-9-14/h6-9,11,16,22-24H,1,10H2,2-5H3. The zero-order valence-corrected chi connectivity index (χ0v) is 16.4. The van der Waals surface area contributed by atoms with E-state index in [-0.39, 0.29) is 5.92 Å². The topological polar surface area (TPSA) is 65.5 Å². The van der Waals surface area contributed by atoms with Crippen molar-refractivity contribution in [3.05, 3.63) is 64.1 Å². The number of nitrogens with zero attached hydrogens (tertiary/aromatic N) is 1. The summed E-state index contributed by atoms with van der Waals surface area (Å²) in [5.74, 6) is -0.384. The molecule has 1 aromatic carbocycles. The summed E-state index contributed by atoms with van der Waals surface area (Å²) in [4.78, 5) is 16.7. The molecule has 26 heavy (non-hydrogen) atoms. The van der Waals surface area contributed by atoms with Gasteiger partial charge in [0.05, 0.1) is 28.7 Å². The molecule has 0 aliphatic heterocycles. The van der Waals surface area contributed by atoms with Gasteiger partial charge < -0.3 is 20.7 Å². The van der Waals surface area contributed by atoms with Crippen LogP contribution in [0.15, 0.2) is 64.1 Å². The lowest BCUT2D eigenvalue weighted by atomic mass is 9.82. The van der Waals surface area contributed by atoms with Gasteiger partial charge in [-0.1, -0.05) is 23.8 Å². The van der Waals surface area contributed by atoms with E-state index in [1.54, 1.807) is 12.1 Å². The Kier molecular flexibility index (Phi) is 6.64. The van der Waals surface area contributed by atoms with E-state index in [1.807, 2.05) is 40.2 Å². The predicted molar refractivity (Wildman–Crippen MR) is 109 cm³/mol. The molecule has 1 unspecified atom stereocenters. The lowest BCUT2D eigenvalue weighted by molar-refractivity contribution is -0.109. The van der Waals surface area contributed by atoms with Gasteiger partial charge >= 0.3 is 0 Å². The van der Waals surface area contributed by atoms with E-state index < -0.39 is 0 Å². The Hall–Kier alpha value is -2.53. The fourth-order valence-electron chi connectivity index (χ4n) is 3.13. The maximum atomic E-state index is 11.9. The van der Waals surface area contributed by atoms with E-state index in [4.69, 9.17) is 16.6 Å². The third-order valence-electron chi connectivity index (χ3n) is 4.22. The van der Waals surface area contributed by atoms with Crippen molar-refractivity contribution >= 4 is 29.3 Å². The van der Waals surface area contributed by atoms with Gasteiger partial charge in [-0.25, -0.2) is 4.99 Å². The number of rotatable bonds is 7. The zero-order valence-electron chi connectivity index (χ0n) is 15.6. The number of allylic oxidation sites excluding steroid dienone is 2. The molecule has 0 saturated carbocycles. The molecule has 1 aromatic rings. The SMILES string of the molecule is C=C(C)CC1=C(NC)C(=Nc2ccc(Cl)cc2)C(NC)=C(NC)C1C=O. The average Bonchev–Trinajstić information content (AvgIpc) is 2.62. The van der Waals surface area contributed by atoms with E-state index in [9.17, 15) is 4.79 Å². The van der Waals surface area contributed by atoms with E-state index in [0.717, 1.165) is 45.9 Å². The summed E-state index contributed by atoms with van der Waals surface area (Å²) in [6.45, 7) is 5.96. The highest BCUT2D eigenvalue weighted by Gasteiger charge is 2.33. The van der Waals surface area contributed by atoms with Crippen LogP contribution in [0.1, 0.15) is 13.3 Å². The van der Waals surface area contributed by atoms with E-state index in [2.05, 4.69) is 22.5 Å². The summed E-state index contributed by atoms with van der Waals surface area (Å²) in [5, 5.41) is 10.3. The molecule has 0 radical (unpaired) electrons. The Bertz CT molecular complexity index is 791. The summed E-state index contributed by atoms with van der Waals surface area (Å²) in [6, 6.07) is 7.33. The van der Waals surface area contributed by atoms with Gasteiger partial charge in [0.15, 0.2) is 0 Å². The number of hydrogen-bond donors (Lipinski definition) is 3. The third kappa shape index (κ3) is 3.99. The van der Waals surface area contributed by atoms with Gasteiger partial charge in [-0.3, -0.25) is 0 Å². The number of benzene rings is 1. The molecule has 0 saturated heterocycles. The van der Waals surface area contributed by atoms with Crippen molar-refractivity contribution in [2.75, 3.05) is 21.1 Å². The molecule has 0 aromatic heterocycles. The van der Waals surface area contributed by atoms with E-state index in [0.29, 0.717) is 11.4 Å². The maximum absolute atomic E-state index is 11.9. The highest BCUT2D eigenvalue weighted by Crippen LogP contribution is 2.33. The van der Waals surface area contributed by atoms with E-state index >= 15 is 0 Å². The highest BCUT2D eigenvalue weighted by atomic mass is 35.5. The molecule has 138 valence electrons. The number of aldehydes is 1. The molecule has 3 N–H and O–H groups in total. The molecular weight excluding hydrogens is 348 g/mol. The van der Waals surface area contributed by atoms with Crippen LogP contribution in [0, 0.1) is 5.92 Å². The van der Waals surface area contributed by atoms with Crippen LogP contribution >= 0.6 is 11.6 Å². The van der Waals surface area contributed by atoms with Crippen LogP contribution in [-0.2, 0) is 4.79 Å². The number of carbonyl (C=O) groups excluding carboxylic acids is 1. The molecule has 1 aliphatic carbocycles. The number of aliphatic imine (C=N–C) groups is 1. The van der Waals surface area contributed by atoms with Crippen LogP contribution in [-0.4, -0.2) is 33.1 Å². The number of carbonyl (C=O) groups is 1. The second-order valence-electron chi connectivity index (χ2n) is 6.12. The Balaban J connectivity index is 2.73. The fraction of sp³-hybridized carbons (Fsp3) is 0.300. The molecule has 2 rings (SSSR count). The molecule has 0 bridgehead atoms. The van der Waals surface area contributed by atoms with Gasteiger partial charge in [0, 0.05) is 26.2 Å². The van der Waals surface area contributed by atoms with Crippen molar-refractivity contribution in [1.82, 2.24) is 16.0 Å². The van der Waals surface area contributed by atoms with Crippen molar-refractivity contribution in [2.45, 2.75) is 13.3 Å². The van der Waals surface area contributed by atoms with Crippen molar-refractivity contribution in [3.63, 3.8) is 0 Å². The van der Waals surface area contributed by atoms with Gasteiger partial charge in [0.2, 0.25) is 0 Å². The van der Waals surface area contributed by atoms with Crippen LogP contribution in [0.2, 0.25) is 5.02 Å². The molecule has 0 amide bonds. The molecule has 1 atom stereocenters. The molecule has 0 fully saturated rings. The van der Waals surface area contributed by atoms with Gasteiger partial charge in [-0.2, -0.15) is 0 Å². The van der Waals surface area contributed by atoms with Crippen LogP contribution in [0.4, 0.5) is 5.69 Å². The normalized spacial score (nSPS) is 18.8. The van der Waals surface area contributed by atoms with Crippen molar-refractivity contribution in [1.29, 1.82) is 0 Å². The first-order valence-corrected chi connectivity index (χ1v) is 8.79. The summed E-state index contributed by atoms with van der Waals surface area (Å²) in [6.07, 6.45) is 1.57. The summed E-state index contributed by atoms with van der Waals surface area (Å²) in [7, 11) is 5.47. The Morgan fingerprint density at radius 2 is 1.77 bits per heavy atom. The minimum atomic E-state index is -0.384.